The molecule has 5 nitrogen and oxygen atoms in total. The van der Waals surface area contributed by atoms with E-state index >= 15 is 0 Å². The Hall–Kier alpha value is -1.91. The molecule has 0 radical (unpaired) electrons. The van der Waals surface area contributed by atoms with Gasteiger partial charge in [0.05, 0.1) is 7.11 Å². The van der Waals surface area contributed by atoms with Gasteiger partial charge in [-0.15, -0.1) is 0 Å². The van der Waals surface area contributed by atoms with E-state index in [4.69, 9.17) is 0 Å². The molecule has 1 N–H and O–H groups in total. The minimum atomic E-state index is -0.543. The highest BCUT2D eigenvalue weighted by atomic mass is 16.5. The van der Waals surface area contributed by atoms with E-state index < -0.39 is 12.0 Å². The Bertz CT molecular complexity index is 369. The standard InChI is InChI=1S/C11H14N2O3/c1-3-4-5-6-10(14)8-7-9(13-12-8)11(15)16-2/h3-6,9,13H,7H2,1-2H3/b4-3+,6-5+. The fraction of sp³-hybridized carbons (Fsp3) is 0.364. The number of ketones is 1. The van der Waals surface area contributed by atoms with E-state index in [1.165, 1.54) is 13.2 Å². The summed E-state index contributed by atoms with van der Waals surface area (Å²) in [4.78, 5) is 22.7. The van der Waals surface area contributed by atoms with Crippen molar-refractivity contribution < 1.29 is 14.3 Å². The summed E-state index contributed by atoms with van der Waals surface area (Å²) in [7, 11) is 1.30. The zero-order valence-electron chi connectivity index (χ0n) is 9.27. The Morgan fingerprint density at radius 2 is 2.25 bits per heavy atom. The van der Waals surface area contributed by atoms with Crippen LogP contribution in [0.4, 0.5) is 0 Å². The first-order valence-corrected chi connectivity index (χ1v) is 4.92. The van der Waals surface area contributed by atoms with Gasteiger partial charge in [0.15, 0.2) is 0 Å². The lowest BCUT2D eigenvalue weighted by atomic mass is 10.1. The Morgan fingerprint density at radius 3 is 2.88 bits per heavy atom. The number of methoxy groups -OCH3 is 1. The van der Waals surface area contributed by atoms with Crippen molar-refractivity contribution in [1.29, 1.82) is 0 Å². The molecule has 1 aliphatic rings. The van der Waals surface area contributed by atoms with Crippen LogP contribution in [0, 0.1) is 0 Å². The van der Waals surface area contributed by atoms with Crippen LogP contribution in [0.15, 0.2) is 29.4 Å². The predicted molar refractivity (Wildman–Crippen MR) is 60.0 cm³/mol. The smallest absolute Gasteiger partial charge is 0.330 e. The van der Waals surface area contributed by atoms with Crippen LogP contribution in [0.2, 0.25) is 0 Å². The summed E-state index contributed by atoms with van der Waals surface area (Å²) >= 11 is 0. The van der Waals surface area contributed by atoms with Gasteiger partial charge in [0, 0.05) is 6.42 Å². The van der Waals surface area contributed by atoms with Crippen LogP contribution in [0.1, 0.15) is 13.3 Å². The Morgan fingerprint density at radius 1 is 1.50 bits per heavy atom. The second-order valence-electron chi connectivity index (χ2n) is 3.22. The quantitative estimate of drug-likeness (QED) is 0.429. The van der Waals surface area contributed by atoms with E-state index in [2.05, 4.69) is 15.3 Å². The summed E-state index contributed by atoms with van der Waals surface area (Å²) in [5, 5.41) is 3.81. The largest absolute Gasteiger partial charge is 0.467 e. The molecule has 5 heteroatoms. The maximum Gasteiger partial charge on any atom is 0.330 e. The number of hydrogen-bond acceptors (Lipinski definition) is 5. The summed E-state index contributed by atoms with van der Waals surface area (Å²) in [5.41, 5.74) is 2.91. The maximum atomic E-state index is 11.5. The van der Waals surface area contributed by atoms with Gasteiger partial charge in [0.25, 0.3) is 0 Å². The van der Waals surface area contributed by atoms with Crippen molar-refractivity contribution in [3.63, 3.8) is 0 Å². The molecule has 1 unspecified atom stereocenters. The van der Waals surface area contributed by atoms with Crippen molar-refractivity contribution in [2.24, 2.45) is 5.10 Å². The molecule has 1 atom stereocenters. The molecule has 0 aliphatic carbocycles. The number of carbonyl (C=O) groups excluding carboxylic acids is 2. The Kier molecular flexibility index (Phi) is 4.44. The molecule has 0 aromatic heterocycles. The fourth-order valence-corrected chi connectivity index (χ4v) is 1.22. The number of rotatable bonds is 4. The van der Waals surface area contributed by atoms with Crippen LogP contribution in [-0.4, -0.2) is 30.6 Å². The highest BCUT2D eigenvalue weighted by molar-refractivity contribution is 6.44. The number of hydrazone groups is 1. The molecule has 0 saturated carbocycles. The molecule has 16 heavy (non-hydrogen) atoms. The number of carbonyl (C=O) groups is 2. The first-order chi connectivity index (χ1) is 7.69. The van der Waals surface area contributed by atoms with Gasteiger partial charge in [0.2, 0.25) is 5.78 Å². The summed E-state index contributed by atoms with van der Waals surface area (Å²) < 4.78 is 4.55. The van der Waals surface area contributed by atoms with Gasteiger partial charge in [-0.25, -0.2) is 4.79 Å². The second kappa shape index (κ2) is 5.85. The molecule has 0 amide bonds. The first-order valence-electron chi connectivity index (χ1n) is 4.92. The minimum absolute atomic E-state index is 0.197. The lowest BCUT2D eigenvalue weighted by Gasteiger charge is -2.05. The summed E-state index contributed by atoms with van der Waals surface area (Å²) in [5.74, 6) is -0.610. The van der Waals surface area contributed by atoms with E-state index in [1.807, 2.05) is 13.0 Å². The number of ether oxygens (including phenoxy) is 1. The van der Waals surface area contributed by atoms with Crippen LogP contribution in [-0.2, 0) is 14.3 Å². The molecule has 0 saturated heterocycles. The van der Waals surface area contributed by atoms with E-state index in [0.29, 0.717) is 5.71 Å². The van der Waals surface area contributed by atoms with Crippen LogP contribution in [0.5, 0.6) is 0 Å². The Balaban J connectivity index is 2.52. The fourth-order valence-electron chi connectivity index (χ4n) is 1.22. The van der Waals surface area contributed by atoms with E-state index in [1.54, 1.807) is 12.2 Å². The van der Waals surface area contributed by atoms with Gasteiger partial charge < -0.3 is 4.74 Å². The van der Waals surface area contributed by atoms with Crippen LogP contribution in [0.3, 0.4) is 0 Å². The second-order valence-corrected chi connectivity index (χ2v) is 3.22. The number of hydrogen-bond donors (Lipinski definition) is 1. The van der Waals surface area contributed by atoms with Gasteiger partial charge >= 0.3 is 5.97 Å². The first kappa shape index (κ1) is 12.2. The third-order valence-electron chi connectivity index (χ3n) is 2.07. The Labute approximate surface area is 93.9 Å². The molecule has 0 aromatic carbocycles. The third kappa shape index (κ3) is 3.05. The highest BCUT2D eigenvalue weighted by Gasteiger charge is 2.28. The summed E-state index contributed by atoms with van der Waals surface area (Å²) in [6.07, 6.45) is 6.89. The molecular weight excluding hydrogens is 208 g/mol. The zero-order chi connectivity index (χ0) is 12.0. The number of nitrogens with one attached hydrogen (secondary N) is 1. The van der Waals surface area contributed by atoms with Crippen molar-refractivity contribution in [2.75, 3.05) is 7.11 Å². The summed E-state index contributed by atoms with van der Waals surface area (Å²) in [6.45, 7) is 1.86. The lowest BCUT2D eigenvalue weighted by molar-refractivity contribution is -0.142. The topological polar surface area (TPSA) is 67.8 Å². The SMILES string of the molecule is C/C=C/C=C/C(=O)C1=NNC(C(=O)OC)C1. The van der Waals surface area contributed by atoms with E-state index in [-0.39, 0.29) is 12.2 Å². The number of esters is 1. The maximum absolute atomic E-state index is 11.5. The van der Waals surface area contributed by atoms with E-state index in [0.717, 1.165) is 0 Å². The minimum Gasteiger partial charge on any atom is -0.467 e. The molecule has 0 bridgehead atoms. The molecule has 0 fully saturated rings. The zero-order valence-corrected chi connectivity index (χ0v) is 9.27. The number of allylic oxidation sites excluding steroid dienone is 4. The molecule has 1 aliphatic heterocycles. The van der Waals surface area contributed by atoms with Gasteiger partial charge in [-0.2, -0.15) is 5.10 Å². The predicted octanol–water partition coefficient (Wildman–Crippen LogP) is 0.579. The van der Waals surface area contributed by atoms with Crippen molar-refractivity contribution in [2.45, 2.75) is 19.4 Å². The normalized spacial score (nSPS) is 19.9. The molecule has 0 spiro atoms. The average molecular weight is 222 g/mol. The van der Waals surface area contributed by atoms with Crippen LogP contribution < -0.4 is 5.43 Å². The lowest BCUT2D eigenvalue weighted by Crippen LogP contribution is -2.31. The van der Waals surface area contributed by atoms with E-state index in [9.17, 15) is 9.59 Å². The van der Waals surface area contributed by atoms with Crippen LogP contribution in [0.25, 0.3) is 0 Å². The van der Waals surface area contributed by atoms with Gasteiger partial charge in [-0.1, -0.05) is 18.2 Å². The van der Waals surface area contributed by atoms with Crippen molar-refractivity contribution in [3.05, 3.63) is 24.3 Å². The van der Waals surface area contributed by atoms with Crippen LogP contribution >= 0.6 is 0 Å². The average Bonchev–Trinajstić information content (AvgIpc) is 2.77. The van der Waals surface area contributed by atoms with Crippen molar-refractivity contribution >= 4 is 17.5 Å². The van der Waals surface area contributed by atoms with Gasteiger partial charge in [0.1, 0.15) is 11.8 Å². The molecule has 86 valence electrons. The molecule has 1 heterocycles. The monoisotopic (exact) mass is 222 g/mol. The molecule has 1 rings (SSSR count). The van der Waals surface area contributed by atoms with Gasteiger partial charge in [-0.05, 0) is 13.0 Å². The van der Waals surface area contributed by atoms with Crippen molar-refractivity contribution in [1.82, 2.24) is 5.43 Å². The summed E-state index contributed by atoms with van der Waals surface area (Å²) in [6, 6.07) is -0.543. The third-order valence-corrected chi connectivity index (χ3v) is 2.07. The van der Waals surface area contributed by atoms with Crippen molar-refractivity contribution in [3.8, 4) is 0 Å². The van der Waals surface area contributed by atoms with Gasteiger partial charge in [-0.3, -0.25) is 10.2 Å². The number of nitrogens with zero attached hydrogens (tertiary/aromatic N) is 1. The molecular formula is C11H14N2O3. The highest BCUT2D eigenvalue weighted by Crippen LogP contribution is 2.06. The molecule has 0 aromatic rings.